The van der Waals surface area contributed by atoms with Crippen LogP contribution < -0.4 is 4.74 Å². The Hall–Kier alpha value is -3.86. The van der Waals surface area contributed by atoms with Crippen LogP contribution in [0.25, 0.3) is 23.2 Å². The summed E-state index contributed by atoms with van der Waals surface area (Å²) in [5.74, 6) is 1.75. The van der Waals surface area contributed by atoms with Crippen molar-refractivity contribution >= 4 is 29.1 Å². The zero-order chi connectivity index (χ0) is 24.7. The van der Waals surface area contributed by atoms with Crippen LogP contribution >= 0.6 is 0 Å². The summed E-state index contributed by atoms with van der Waals surface area (Å²) in [4.78, 5) is 20.9. The van der Waals surface area contributed by atoms with Gasteiger partial charge in [0, 0.05) is 12.6 Å². The Bertz CT molecular complexity index is 1320. The van der Waals surface area contributed by atoms with Gasteiger partial charge in [0.05, 0.1) is 18.1 Å². The average molecular weight is 480 g/mol. The molecule has 0 saturated heterocycles. The van der Waals surface area contributed by atoms with Gasteiger partial charge in [0.2, 0.25) is 5.91 Å². The molecule has 1 fully saturated rings. The number of rotatable bonds is 8. The van der Waals surface area contributed by atoms with Crippen molar-refractivity contribution < 1.29 is 9.53 Å². The number of fused-ring (bicyclic) bond motifs is 1. The Kier molecular flexibility index (Phi) is 7.46. The summed E-state index contributed by atoms with van der Waals surface area (Å²) >= 11 is 0. The largest absolute Gasteiger partial charge is 0.497 e. The van der Waals surface area contributed by atoms with E-state index in [1.807, 2.05) is 78.9 Å². The predicted molar refractivity (Wildman–Crippen MR) is 146 cm³/mol. The number of benzene rings is 3. The molecule has 0 unspecified atom stereocenters. The fraction of sp³-hybridized carbons (Fsp3) is 0.290. The highest BCUT2D eigenvalue weighted by atomic mass is 16.5. The minimum atomic E-state index is 0.146. The van der Waals surface area contributed by atoms with Crippen molar-refractivity contribution in [2.75, 3.05) is 7.11 Å². The highest BCUT2D eigenvalue weighted by Crippen LogP contribution is 2.26. The molecular formula is C31H33N3O2. The molecule has 0 radical (unpaired) electrons. The standard InChI is InChI=1S/C31H33N3O2/c1-36-27-19-16-24(17-20-27)18-21-30-32-28-14-8-9-15-29(28)34(30)23-31(35)33(26-12-6-3-7-13-26)22-25-10-4-2-5-11-25/h2,4-5,8-11,14-21,26H,3,6-7,12-13,22-23H2,1H3/b21-18+. The minimum absolute atomic E-state index is 0.146. The number of hydrogen-bond acceptors (Lipinski definition) is 3. The van der Waals surface area contributed by atoms with Gasteiger partial charge in [-0.2, -0.15) is 0 Å². The van der Waals surface area contributed by atoms with Crippen molar-refractivity contribution in [2.45, 2.75) is 51.2 Å². The number of amides is 1. The Morgan fingerprint density at radius 1 is 0.944 bits per heavy atom. The van der Waals surface area contributed by atoms with Crippen LogP contribution in [0, 0.1) is 0 Å². The van der Waals surface area contributed by atoms with Crippen molar-refractivity contribution in [3.8, 4) is 5.75 Å². The molecule has 184 valence electrons. The third kappa shape index (κ3) is 5.51. The van der Waals surface area contributed by atoms with Gasteiger partial charge in [0.1, 0.15) is 18.1 Å². The monoisotopic (exact) mass is 479 g/mol. The number of hydrogen-bond donors (Lipinski definition) is 0. The van der Waals surface area contributed by atoms with E-state index in [1.54, 1.807) is 7.11 Å². The summed E-state index contributed by atoms with van der Waals surface area (Å²) in [5, 5.41) is 0. The second kappa shape index (κ2) is 11.3. The first-order valence-corrected chi connectivity index (χ1v) is 12.8. The molecule has 5 nitrogen and oxygen atoms in total. The summed E-state index contributed by atoms with van der Waals surface area (Å²) in [6, 6.07) is 26.6. The lowest BCUT2D eigenvalue weighted by Gasteiger charge is -2.35. The van der Waals surface area contributed by atoms with Gasteiger partial charge in [-0.3, -0.25) is 4.79 Å². The van der Waals surface area contributed by atoms with Crippen LogP contribution in [-0.2, 0) is 17.9 Å². The Morgan fingerprint density at radius 3 is 2.42 bits per heavy atom. The average Bonchev–Trinajstić information content (AvgIpc) is 3.29. The van der Waals surface area contributed by atoms with Crippen LogP contribution in [0.5, 0.6) is 5.75 Å². The topological polar surface area (TPSA) is 47.4 Å². The number of carbonyl (C=O) groups is 1. The third-order valence-corrected chi connectivity index (χ3v) is 7.05. The molecule has 1 aromatic heterocycles. The third-order valence-electron chi connectivity index (χ3n) is 7.05. The van der Waals surface area contributed by atoms with E-state index in [9.17, 15) is 4.79 Å². The normalized spacial score (nSPS) is 14.4. The van der Waals surface area contributed by atoms with Gasteiger partial charge in [-0.1, -0.05) is 79.9 Å². The molecule has 5 rings (SSSR count). The molecule has 1 amide bonds. The van der Waals surface area contributed by atoms with Crippen molar-refractivity contribution in [1.82, 2.24) is 14.5 Å². The maximum atomic E-state index is 13.9. The fourth-order valence-corrected chi connectivity index (χ4v) is 5.09. The van der Waals surface area contributed by atoms with Gasteiger partial charge in [-0.25, -0.2) is 4.98 Å². The number of imidazole rings is 1. The van der Waals surface area contributed by atoms with E-state index >= 15 is 0 Å². The van der Waals surface area contributed by atoms with Crippen molar-refractivity contribution in [3.63, 3.8) is 0 Å². The zero-order valence-corrected chi connectivity index (χ0v) is 20.8. The molecule has 1 aliphatic carbocycles. The van der Waals surface area contributed by atoms with Crippen molar-refractivity contribution in [2.24, 2.45) is 0 Å². The Balaban J connectivity index is 1.44. The first kappa shape index (κ1) is 23.9. The molecular weight excluding hydrogens is 446 g/mol. The predicted octanol–water partition coefficient (Wildman–Crippen LogP) is 6.58. The van der Waals surface area contributed by atoms with Crippen molar-refractivity contribution in [1.29, 1.82) is 0 Å². The summed E-state index contributed by atoms with van der Waals surface area (Å²) in [6.45, 7) is 0.917. The lowest BCUT2D eigenvalue weighted by Crippen LogP contribution is -2.42. The first-order chi connectivity index (χ1) is 17.7. The van der Waals surface area contributed by atoms with Crippen molar-refractivity contribution in [3.05, 3.63) is 95.8 Å². The smallest absolute Gasteiger partial charge is 0.243 e. The molecule has 1 saturated carbocycles. The van der Waals surface area contributed by atoms with Gasteiger partial charge >= 0.3 is 0 Å². The number of aromatic nitrogens is 2. The van der Waals surface area contributed by atoms with E-state index in [1.165, 1.54) is 24.8 Å². The minimum Gasteiger partial charge on any atom is -0.497 e. The van der Waals surface area contributed by atoms with Crippen LogP contribution in [0.1, 0.15) is 49.1 Å². The Morgan fingerprint density at radius 2 is 1.67 bits per heavy atom. The molecule has 0 N–H and O–H groups in total. The van der Waals surface area contributed by atoms with E-state index in [2.05, 4.69) is 21.6 Å². The van der Waals surface area contributed by atoms with Crippen LogP contribution in [0.15, 0.2) is 78.9 Å². The van der Waals surface area contributed by atoms with Crippen LogP contribution in [0.2, 0.25) is 0 Å². The molecule has 0 atom stereocenters. The lowest BCUT2D eigenvalue weighted by molar-refractivity contribution is -0.135. The molecule has 4 aromatic rings. The molecule has 1 aliphatic rings. The fourth-order valence-electron chi connectivity index (χ4n) is 5.09. The maximum Gasteiger partial charge on any atom is 0.243 e. The summed E-state index contributed by atoms with van der Waals surface area (Å²) in [5.41, 5.74) is 4.09. The van der Waals surface area contributed by atoms with Crippen LogP contribution in [-0.4, -0.2) is 33.5 Å². The highest BCUT2D eigenvalue weighted by molar-refractivity contribution is 5.84. The SMILES string of the molecule is COc1ccc(/C=C/c2nc3ccccc3n2CC(=O)N(Cc2ccccc2)C2CCCCC2)cc1. The Labute approximate surface area is 213 Å². The van der Waals surface area contributed by atoms with Crippen LogP contribution in [0.4, 0.5) is 0 Å². The van der Waals surface area contributed by atoms with E-state index in [0.29, 0.717) is 12.6 Å². The maximum absolute atomic E-state index is 13.9. The number of methoxy groups -OCH3 is 1. The molecule has 0 spiro atoms. The number of nitrogens with zero attached hydrogens (tertiary/aromatic N) is 3. The van der Waals surface area contributed by atoms with Gasteiger partial charge in [0.25, 0.3) is 0 Å². The summed E-state index contributed by atoms with van der Waals surface area (Å²) in [7, 11) is 1.67. The van der Waals surface area contributed by atoms with E-state index in [4.69, 9.17) is 9.72 Å². The van der Waals surface area contributed by atoms with Gasteiger partial charge < -0.3 is 14.2 Å². The van der Waals surface area contributed by atoms with E-state index in [-0.39, 0.29) is 12.5 Å². The lowest BCUT2D eigenvalue weighted by atomic mass is 9.93. The van der Waals surface area contributed by atoms with Gasteiger partial charge in [-0.15, -0.1) is 0 Å². The molecule has 5 heteroatoms. The number of ether oxygens (including phenoxy) is 1. The highest BCUT2D eigenvalue weighted by Gasteiger charge is 2.26. The second-order valence-corrected chi connectivity index (χ2v) is 9.45. The molecule has 1 heterocycles. The summed E-state index contributed by atoms with van der Waals surface area (Å²) < 4.78 is 7.32. The summed E-state index contributed by atoms with van der Waals surface area (Å²) in [6.07, 6.45) is 9.82. The molecule has 0 bridgehead atoms. The zero-order valence-electron chi connectivity index (χ0n) is 20.8. The van der Waals surface area contributed by atoms with Gasteiger partial charge in [0.15, 0.2) is 0 Å². The molecule has 0 aliphatic heterocycles. The van der Waals surface area contributed by atoms with E-state index in [0.717, 1.165) is 41.0 Å². The number of para-hydroxylation sites is 2. The number of carbonyl (C=O) groups excluding carboxylic acids is 1. The molecule has 3 aromatic carbocycles. The second-order valence-electron chi connectivity index (χ2n) is 9.45. The van der Waals surface area contributed by atoms with E-state index < -0.39 is 0 Å². The van der Waals surface area contributed by atoms with Gasteiger partial charge in [-0.05, 0) is 54.3 Å². The quantitative estimate of drug-likeness (QED) is 0.287. The molecule has 36 heavy (non-hydrogen) atoms. The van der Waals surface area contributed by atoms with Crippen LogP contribution in [0.3, 0.4) is 0 Å². The first-order valence-electron chi connectivity index (χ1n) is 12.8.